The van der Waals surface area contributed by atoms with Gasteiger partial charge in [0.2, 0.25) is 0 Å². The SMILES string of the molecule is [B]=C/C(C(=O)O)=C(\C=C)C(=O)O. The molecule has 0 saturated carbocycles. The van der Waals surface area contributed by atoms with E-state index in [0.29, 0.717) is 5.97 Å². The Morgan fingerprint density at radius 3 is 1.67 bits per heavy atom. The summed E-state index contributed by atoms with van der Waals surface area (Å²) in [7, 11) is 4.91. The number of carboxylic acids is 2. The van der Waals surface area contributed by atoms with Gasteiger partial charge >= 0.3 is 69.0 Å². The Balaban J connectivity index is 5.30. The molecule has 0 aromatic heterocycles. The molecule has 12 heavy (non-hydrogen) atoms. The van der Waals surface area contributed by atoms with Gasteiger partial charge in [0.1, 0.15) is 0 Å². The van der Waals surface area contributed by atoms with E-state index in [0.717, 1.165) is 6.08 Å². The van der Waals surface area contributed by atoms with Crippen LogP contribution in [0, 0.1) is 0 Å². The Bertz CT molecular complexity index is 249. The van der Waals surface area contributed by atoms with Gasteiger partial charge in [0, 0.05) is 0 Å². The number of rotatable bonds is 4. The van der Waals surface area contributed by atoms with Gasteiger partial charge in [0.15, 0.2) is 0 Å². The third-order valence-electron chi connectivity index (χ3n) is 1.12. The zero-order valence-corrected chi connectivity index (χ0v) is 6.15. The van der Waals surface area contributed by atoms with E-state index in [1.165, 1.54) is 0 Å². The molecular formula is C7H6BO4. The topological polar surface area (TPSA) is 74.6 Å². The zero-order chi connectivity index (χ0) is 9.72. The summed E-state index contributed by atoms with van der Waals surface area (Å²) in [5.74, 6) is -2.05. The molecule has 4 nitrogen and oxygen atoms in total. The van der Waals surface area contributed by atoms with Gasteiger partial charge in [-0.25, -0.2) is 0 Å². The molecule has 0 fully saturated rings. The average Bonchev–Trinajstić information content (AvgIpc) is 1.98. The van der Waals surface area contributed by atoms with Crippen molar-refractivity contribution in [3.63, 3.8) is 0 Å². The maximum atomic E-state index is 10.4. The van der Waals surface area contributed by atoms with Gasteiger partial charge < -0.3 is 0 Å². The van der Waals surface area contributed by atoms with Crippen LogP contribution < -0.4 is 0 Å². The van der Waals surface area contributed by atoms with E-state index in [2.05, 4.69) is 6.58 Å². The molecule has 0 bridgehead atoms. The molecule has 2 N–H and O–H groups in total. The van der Waals surface area contributed by atoms with Crippen LogP contribution in [-0.2, 0) is 9.59 Å². The van der Waals surface area contributed by atoms with E-state index in [9.17, 15) is 9.59 Å². The number of carboxylic acid groups (broad SMARTS) is 2. The molecule has 0 aromatic carbocycles. The Hall–Kier alpha value is -1.65. The molecule has 0 aliphatic heterocycles. The molecule has 1 radical (unpaired) electrons. The van der Waals surface area contributed by atoms with E-state index in [-0.39, 0.29) is 0 Å². The molecule has 0 spiro atoms. The molecule has 61 valence electrons. The molecule has 0 atom stereocenters. The average molecular weight is 165 g/mol. The molecule has 0 unspecified atom stereocenters. The number of carbonyl (C=O) groups is 2. The summed E-state index contributed by atoms with van der Waals surface area (Å²) in [6, 6.07) is 0. The van der Waals surface area contributed by atoms with Crippen molar-refractivity contribution in [2.45, 2.75) is 0 Å². The van der Waals surface area contributed by atoms with Crippen LogP contribution in [-0.4, -0.2) is 35.6 Å². The van der Waals surface area contributed by atoms with E-state index in [1.807, 2.05) is 0 Å². The van der Waals surface area contributed by atoms with Gasteiger partial charge in [-0.1, -0.05) is 0 Å². The van der Waals surface area contributed by atoms with Crippen molar-refractivity contribution >= 4 is 25.4 Å². The summed E-state index contributed by atoms with van der Waals surface area (Å²) in [4.78, 5) is 20.7. The molecule has 0 saturated heterocycles. The van der Waals surface area contributed by atoms with Crippen LogP contribution in [0.5, 0.6) is 0 Å². The summed E-state index contributed by atoms with van der Waals surface area (Å²) in [5, 5.41) is 16.9. The van der Waals surface area contributed by atoms with Crippen molar-refractivity contribution < 1.29 is 19.8 Å². The first-order valence-electron chi connectivity index (χ1n) is 2.92. The Morgan fingerprint density at radius 1 is 1.17 bits per heavy atom. The predicted molar refractivity (Wildman–Crippen MR) is 44.3 cm³/mol. The monoisotopic (exact) mass is 165 g/mol. The van der Waals surface area contributed by atoms with Gasteiger partial charge in [-0.15, -0.1) is 0 Å². The number of aliphatic carboxylic acids is 2. The van der Waals surface area contributed by atoms with Crippen molar-refractivity contribution in [2.75, 3.05) is 0 Å². The molecule has 0 amide bonds. The summed E-state index contributed by atoms with van der Waals surface area (Å²) < 4.78 is 0. The van der Waals surface area contributed by atoms with E-state index in [4.69, 9.17) is 17.7 Å². The minimum absolute atomic E-state index is 0.426. The zero-order valence-electron chi connectivity index (χ0n) is 6.15. The fourth-order valence-electron chi connectivity index (χ4n) is 0.589. The Labute approximate surface area is 69.9 Å². The van der Waals surface area contributed by atoms with Crippen LogP contribution in [0.2, 0.25) is 0 Å². The van der Waals surface area contributed by atoms with Gasteiger partial charge in [0.05, 0.1) is 0 Å². The van der Waals surface area contributed by atoms with Crippen LogP contribution >= 0.6 is 0 Å². The molecule has 5 heteroatoms. The first-order valence-corrected chi connectivity index (χ1v) is 2.92. The van der Waals surface area contributed by atoms with Crippen LogP contribution in [0.4, 0.5) is 0 Å². The van der Waals surface area contributed by atoms with Crippen molar-refractivity contribution in [3.8, 4) is 0 Å². The van der Waals surface area contributed by atoms with Crippen molar-refractivity contribution in [1.82, 2.24) is 0 Å². The second-order valence-corrected chi connectivity index (χ2v) is 1.81. The first kappa shape index (κ1) is 10.4. The van der Waals surface area contributed by atoms with E-state index in [1.54, 1.807) is 0 Å². The van der Waals surface area contributed by atoms with Crippen LogP contribution in [0.1, 0.15) is 0 Å². The Kier molecular flexibility index (Phi) is 3.69. The van der Waals surface area contributed by atoms with Gasteiger partial charge in [-0.2, -0.15) is 0 Å². The first-order chi connectivity index (χ1) is 5.54. The maximum absolute atomic E-state index is 10.4. The van der Waals surface area contributed by atoms with Crippen LogP contribution in [0.25, 0.3) is 0 Å². The van der Waals surface area contributed by atoms with Gasteiger partial charge in [0.25, 0.3) is 0 Å². The van der Waals surface area contributed by atoms with Crippen molar-refractivity contribution in [1.29, 1.82) is 0 Å². The fraction of sp³-hybridized carbons (Fsp3) is 0. The molecule has 0 aromatic rings. The van der Waals surface area contributed by atoms with E-state index < -0.39 is 23.1 Å². The molecule has 0 aliphatic carbocycles. The number of hydrogen-bond donors (Lipinski definition) is 2. The molecule has 0 heterocycles. The van der Waals surface area contributed by atoms with Crippen molar-refractivity contribution in [3.05, 3.63) is 23.8 Å². The Morgan fingerprint density at radius 2 is 1.58 bits per heavy atom. The standard InChI is InChI=1S/C7H6BO4/c1-2-4(6(9)10)5(3-8)7(11)12/h2-3H,1H2,(H,9,10)(H,11,12)/b5-4-. The quantitative estimate of drug-likeness (QED) is 0.338. The molecule has 0 rings (SSSR count). The van der Waals surface area contributed by atoms with Gasteiger partial charge in [-0.05, 0) is 0 Å². The van der Waals surface area contributed by atoms with Crippen molar-refractivity contribution in [2.24, 2.45) is 0 Å². The minimum atomic E-state index is -1.39. The summed E-state index contributed by atoms with van der Waals surface area (Å²) in [6.45, 7) is 3.16. The summed E-state index contributed by atoms with van der Waals surface area (Å²) in [5.41, 5.74) is -0.900. The second-order valence-electron chi connectivity index (χ2n) is 1.81. The normalized spacial score (nSPS) is 11.2. The van der Waals surface area contributed by atoms with Crippen LogP contribution in [0.15, 0.2) is 23.8 Å². The molecular weight excluding hydrogens is 159 g/mol. The summed E-state index contributed by atoms with van der Waals surface area (Å²) in [6.07, 6.45) is 0.926. The third-order valence-corrected chi connectivity index (χ3v) is 1.12. The van der Waals surface area contributed by atoms with Crippen LogP contribution in [0.3, 0.4) is 0 Å². The summed E-state index contributed by atoms with van der Waals surface area (Å²) >= 11 is 0. The predicted octanol–water partition coefficient (Wildman–Crippen LogP) is -0.391. The second kappa shape index (κ2) is 4.28. The fourth-order valence-corrected chi connectivity index (χ4v) is 0.589. The third kappa shape index (κ3) is 2.19. The van der Waals surface area contributed by atoms with Gasteiger partial charge in [-0.3, -0.25) is 0 Å². The van der Waals surface area contributed by atoms with E-state index >= 15 is 0 Å². The number of hydrogen-bond acceptors (Lipinski definition) is 2. The molecule has 0 aliphatic rings.